The summed E-state index contributed by atoms with van der Waals surface area (Å²) < 4.78 is 2.04. The molecule has 3 rings (SSSR count). The summed E-state index contributed by atoms with van der Waals surface area (Å²) in [5.74, 6) is -0.155. The minimum atomic E-state index is -0.430. The number of nitrogens with one attached hydrogen (secondary N) is 2. The van der Waals surface area contributed by atoms with Crippen LogP contribution < -0.4 is 10.6 Å². The van der Waals surface area contributed by atoms with E-state index in [1.54, 1.807) is 18.2 Å². The molecule has 1 heterocycles. The van der Waals surface area contributed by atoms with Gasteiger partial charge in [0.05, 0.1) is 10.5 Å². The quantitative estimate of drug-likeness (QED) is 0.387. The molecule has 26 heavy (non-hydrogen) atoms. The molecule has 1 amide bonds. The van der Waals surface area contributed by atoms with Gasteiger partial charge in [-0.15, -0.1) is 0 Å². The van der Waals surface area contributed by atoms with Crippen LogP contribution in [0.5, 0.6) is 0 Å². The highest BCUT2D eigenvalue weighted by atomic mass is 16.6. The number of aryl methyl sites for hydroxylation is 1. The lowest BCUT2D eigenvalue weighted by atomic mass is 10.1. The second-order valence-electron chi connectivity index (χ2n) is 5.80. The third kappa shape index (κ3) is 3.51. The van der Waals surface area contributed by atoms with E-state index in [4.69, 9.17) is 0 Å². The Kier molecular flexibility index (Phi) is 5.17. The fraction of sp³-hybridized carbons (Fsp3) is 0.211. The van der Waals surface area contributed by atoms with Crippen LogP contribution in [0.1, 0.15) is 17.3 Å². The molecule has 0 aliphatic rings. The van der Waals surface area contributed by atoms with Gasteiger partial charge in [0.1, 0.15) is 5.69 Å². The zero-order chi connectivity index (χ0) is 18.5. The number of amides is 1. The lowest BCUT2D eigenvalue weighted by molar-refractivity contribution is -0.384. The molecule has 0 fully saturated rings. The van der Waals surface area contributed by atoms with Gasteiger partial charge >= 0.3 is 0 Å². The number of benzene rings is 2. The van der Waals surface area contributed by atoms with Crippen LogP contribution in [0.15, 0.2) is 54.7 Å². The van der Waals surface area contributed by atoms with Crippen LogP contribution in [0.4, 0.5) is 11.4 Å². The SMILES string of the molecule is CCn1cc(C(=O)NCCNc2ccccc2[N+](=O)[O-])c2ccccc21. The highest BCUT2D eigenvalue weighted by Crippen LogP contribution is 2.23. The molecule has 0 saturated heterocycles. The molecule has 1 aromatic heterocycles. The summed E-state index contributed by atoms with van der Waals surface area (Å²) in [5, 5.41) is 17.8. The first-order chi connectivity index (χ1) is 12.6. The Morgan fingerprint density at radius 2 is 1.85 bits per heavy atom. The molecule has 0 aliphatic heterocycles. The summed E-state index contributed by atoms with van der Waals surface area (Å²) in [6.45, 7) is 3.57. The third-order valence-electron chi connectivity index (χ3n) is 4.20. The minimum absolute atomic E-state index is 0.0184. The van der Waals surface area contributed by atoms with Crippen LogP contribution >= 0.6 is 0 Å². The number of rotatable bonds is 7. The second kappa shape index (κ2) is 7.69. The Morgan fingerprint density at radius 3 is 2.62 bits per heavy atom. The molecular formula is C19H20N4O3. The number of para-hydroxylation sites is 3. The monoisotopic (exact) mass is 352 g/mol. The molecule has 0 saturated carbocycles. The molecule has 0 unspecified atom stereocenters. The van der Waals surface area contributed by atoms with Gasteiger partial charge in [-0.3, -0.25) is 14.9 Å². The van der Waals surface area contributed by atoms with Crippen molar-refractivity contribution in [1.29, 1.82) is 0 Å². The molecule has 0 aliphatic carbocycles. The molecule has 134 valence electrons. The zero-order valence-electron chi connectivity index (χ0n) is 14.4. The van der Waals surface area contributed by atoms with Crippen molar-refractivity contribution in [1.82, 2.24) is 9.88 Å². The Balaban J connectivity index is 1.63. The van der Waals surface area contributed by atoms with E-state index >= 15 is 0 Å². The molecule has 0 spiro atoms. The third-order valence-corrected chi connectivity index (χ3v) is 4.20. The Bertz CT molecular complexity index is 949. The number of nitro groups is 1. The van der Waals surface area contributed by atoms with E-state index in [1.807, 2.05) is 42.0 Å². The maximum Gasteiger partial charge on any atom is 0.292 e. The van der Waals surface area contributed by atoms with Gasteiger partial charge in [0.2, 0.25) is 0 Å². The van der Waals surface area contributed by atoms with Crippen LogP contribution in [-0.2, 0) is 6.54 Å². The highest BCUT2D eigenvalue weighted by molar-refractivity contribution is 6.07. The van der Waals surface area contributed by atoms with Crippen molar-refractivity contribution in [3.05, 3.63) is 70.4 Å². The van der Waals surface area contributed by atoms with Crippen molar-refractivity contribution < 1.29 is 9.72 Å². The average Bonchev–Trinajstić information content (AvgIpc) is 3.04. The van der Waals surface area contributed by atoms with Crippen molar-refractivity contribution >= 4 is 28.2 Å². The van der Waals surface area contributed by atoms with Crippen LogP contribution in [-0.4, -0.2) is 28.5 Å². The number of hydrogen-bond acceptors (Lipinski definition) is 4. The lowest BCUT2D eigenvalue weighted by Gasteiger charge is -2.08. The topological polar surface area (TPSA) is 89.2 Å². The molecule has 0 bridgehead atoms. The first-order valence-corrected chi connectivity index (χ1v) is 8.45. The predicted molar refractivity (Wildman–Crippen MR) is 102 cm³/mol. The van der Waals surface area contributed by atoms with Crippen LogP contribution in [0.2, 0.25) is 0 Å². The van der Waals surface area contributed by atoms with E-state index in [0.29, 0.717) is 24.3 Å². The normalized spacial score (nSPS) is 10.7. The van der Waals surface area contributed by atoms with Crippen molar-refractivity contribution in [2.45, 2.75) is 13.5 Å². The van der Waals surface area contributed by atoms with Crippen LogP contribution in [0.25, 0.3) is 10.9 Å². The van der Waals surface area contributed by atoms with Crippen molar-refractivity contribution in [3.63, 3.8) is 0 Å². The van der Waals surface area contributed by atoms with E-state index in [0.717, 1.165) is 17.4 Å². The van der Waals surface area contributed by atoms with Gasteiger partial charge in [-0.2, -0.15) is 0 Å². The van der Waals surface area contributed by atoms with Gasteiger partial charge in [-0.25, -0.2) is 0 Å². The molecule has 2 aromatic carbocycles. The molecule has 0 radical (unpaired) electrons. The first-order valence-electron chi connectivity index (χ1n) is 8.45. The fourth-order valence-electron chi connectivity index (χ4n) is 2.94. The van der Waals surface area contributed by atoms with E-state index in [-0.39, 0.29) is 11.6 Å². The van der Waals surface area contributed by atoms with Gasteiger partial charge < -0.3 is 15.2 Å². The average molecular weight is 352 g/mol. The van der Waals surface area contributed by atoms with Gasteiger partial charge in [0, 0.05) is 42.8 Å². The number of nitro benzene ring substituents is 1. The highest BCUT2D eigenvalue weighted by Gasteiger charge is 2.14. The maximum atomic E-state index is 12.5. The molecule has 3 aromatic rings. The predicted octanol–water partition coefficient (Wildman–Crippen LogP) is 3.41. The number of hydrogen-bond donors (Lipinski definition) is 2. The van der Waals surface area contributed by atoms with E-state index < -0.39 is 4.92 Å². The van der Waals surface area contributed by atoms with Gasteiger partial charge in [-0.05, 0) is 19.1 Å². The Labute approximate surface area is 150 Å². The molecular weight excluding hydrogens is 332 g/mol. The first kappa shape index (κ1) is 17.5. The van der Waals surface area contributed by atoms with Gasteiger partial charge in [-0.1, -0.05) is 30.3 Å². The van der Waals surface area contributed by atoms with Crippen molar-refractivity contribution in [2.24, 2.45) is 0 Å². The smallest absolute Gasteiger partial charge is 0.292 e. The number of aromatic nitrogens is 1. The second-order valence-corrected chi connectivity index (χ2v) is 5.80. The Morgan fingerprint density at radius 1 is 1.12 bits per heavy atom. The van der Waals surface area contributed by atoms with E-state index in [1.165, 1.54) is 6.07 Å². The fourth-order valence-corrected chi connectivity index (χ4v) is 2.94. The molecule has 2 N–H and O–H groups in total. The summed E-state index contributed by atoms with van der Waals surface area (Å²) >= 11 is 0. The largest absolute Gasteiger partial charge is 0.378 e. The lowest BCUT2D eigenvalue weighted by Crippen LogP contribution is -2.28. The zero-order valence-corrected chi connectivity index (χ0v) is 14.4. The summed E-state index contributed by atoms with van der Waals surface area (Å²) in [6, 6.07) is 14.2. The Hall–Kier alpha value is -3.35. The standard InChI is InChI=1S/C19H20N4O3/c1-2-22-13-15(14-7-3-5-9-17(14)22)19(24)21-12-11-20-16-8-4-6-10-18(16)23(25)26/h3-10,13,20H,2,11-12H2,1H3,(H,21,24). The maximum absolute atomic E-state index is 12.5. The number of carbonyl (C=O) groups is 1. The summed E-state index contributed by atoms with van der Waals surface area (Å²) in [7, 11) is 0. The van der Waals surface area contributed by atoms with Crippen molar-refractivity contribution in [3.8, 4) is 0 Å². The van der Waals surface area contributed by atoms with Crippen LogP contribution in [0, 0.1) is 10.1 Å². The number of anilines is 1. The van der Waals surface area contributed by atoms with E-state index in [2.05, 4.69) is 10.6 Å². The number of nitrogens with zero attached hydrogens (tertiary/aromatic N) is 2. The molecule has 7 heteroatoms. The number of carbonyl (C=O) groups excluding carboxylic acids is 1. The molecule has 7 nitrogen and oxygen atoms in total. The van der Waals surface area contributed by atoms with E-state index in [9.17, 15) is 14.9 Å². The van der Waals surface area contributed by atoms with Crippen LogP contribution in [0.3, 0.4) is 0 Å². The summed E-state index contributed by atoms with van der Waals surface area (Å²) in [5.41, 5.74) is 2.12. The summed E-state index contributed by atoms with van der Waals surface area (Å²) in [4.78, 5) is 23.1. The molecule has 0 atom stereocenters. The van der Waals surface area contributed by atoms with Crippen molar-refractivity contribution in [2.75, 3.05) is 18.4 Å². The minimum Gasteiger partial charge on any atom is -0.378 e. The summed E-state index contributed by atoms with van der Waals surface area (Å²) in [6.07, 6.45) is 1.86. The van der Waals surface area contributed by atoms with Gasteiger partial charge in [0.15, 0.2) is 0 Å². The van der Waals surface area contributed by atoms with Gasteiger partial charge in [0.25, 0.3) is 11.6 Å². The number of fused-ring (bicyclic) bond motifs is 1.